The van der Waals surface area contributed by atoms with Gasteiger partial charge in [-0.05, 0) is 13.8 Å². The van der Waals surface area contributed by atoms with E-state index in [9.17, 15) is 0 Å². The van der Waals surface area contributed by atoms with Crippen LogP contribution in [0.25, 0.3) is 0 Å². The summed E-state index contributed by atoms with van der Waals surface area (Å²) in [7, 11) is 1.68. The third-order valence-electron chi connectivity index (χ3n) is 2.37. The molecule has 0 aromatic rings. The van der Waals surface area contributed by atoms with Gasteiger partial charge in [0, 0.05) is 32.8 Å². The molecule has 1 rings (SSSR count). The molecule has 84 valence electrons. The van der Waals surface area contributed by atoms with Gasteiger partial charge in [0.25, 0.3) is 0 Å². The predicted molar refractivity (Wildman–Crippen MR) is 56.3 cm³/mol. The molecule has 2 N–H and O–H groups in total. The number of morpholine rings is 1. The number of methoxy groups -OCH3 is 1. The van der Waals surface area contributed by atoms with Crippen molar-refractivity contribution in [1.82, 2.24) is 4.90 Å². The van der Waals surface area contributed by atoms with Crippen molar-refractivity contribution >= 4 is 0 Å². The van der Waals surface area contributed by atoms with E-state index in [0.717, 1.165) is 19.6 Å². The van der Waals surface area contributed by atoms with E-state index in [1.54, 1.807) is 7.11 Å². The maximum Gasteiger partial charge on any atom is 0.0678 e. The molecule has 1 unspecified atom stereocenters. The lowest BCUT2D eigenvalue weighted by atomic mass is 10.2. The fraction of sp³-hybridized carbons (Fsp3) is 1.00. The molecule has 0 radical (unpaired) electrons. The molecule has 1 heterocycles. The summed E-state index contributed by atoms with van der Waals surface area (Å²) in [6.45, 7) is 7.67. The van der Waals surface area contributed by atoms with Gasteiger partial charge in [0.05, 0.1) is 18.8 Å². The highest BCUT2D eigenvalue weighted by Crippen LogP contribution is 2.10. The summed E-state index contributed by atoms with van der Waals surface area (Å²) in [6.07, 6.45) is 0.627. The first-order chi connectivity index (χ1) is 6.61. The first-order valence-electron chi connectivity index (χ1n) is 5.24. The molecule has 0 spiro atoms. The fourth-order valence-corrected chi connectivity index (χ4v) is 2.03. The zero-order valence-corrected chi connectivity index (χ0v) is 9.40. The highest BCUT2D eigenvalue weighted by molar-refractivity contribution is 4.76. The standard InChI is InChI=1S/C10H22N2O2/c1-8-4-12(5-9(2)14-8)6-10(11)7-13-3/h8-10H,4-7,11H2,1-3H3/t8-,9+,10?. The average molecular weight is 202 g/mol. The molecule has 0 aliphatic carbocycles. The minimum atomic E-state index is 0.109. The summed E-state index contributed by atoms with van der Waals surface area (Å²) in [4.78, 5) is 2.35. The van der Waals surface area contributed by atoms with Gasteiger partial charge in [-0.3, -0.25) is 4.90 Å². The summed E-state index contributed by atoms with van der Waals surface area (Å²) in [5, 5.41) is 0. The summed E-state index contributed by atoms with van der Waals surface area (Å²) in [5.41, 5.74) is 5.90. The Balaban J connectivity index is 2.29. The molecular formula is C10H22N2O2. The topological polar surface area (TPSA) is 47.7 Å². The van der Waals surface area contributed by atoms with Gasteiger partial charge in [0.2, 0.25) is 0 Å². The minimum absolute atomic E-state index is 0.109. The van der Waals surface area contributed by atoms with Crippen molar-refractivity contribution in [3.63, 3.8) is 0 Å². The van der Waals surface area contributed by atoms with Crippen molar-refractivity contribution in [2.45, 2.75) is 32.1 Å². The highest BCUT2D eigenvalue weighted by Gasteiger charge is 2.23. The van der Waals surface area contributed by atoms with Gasteiger partial charge < -0.3 is 15.2 Å². The van der Waals surface area contributed by atoms with Crippen LogP contribution in [0.1, 0.15) is 13.8 Å². The first kappa shape index (κ1) is 11.9. The summed E-state index contributed by atoms with van der Waals surface area (Å²) >= 11 is 0. The van der Waals surface area contributed by atoms with Crippen molar-refractivity contribution < 1.29 is 9.47 Å². The van der Waals surface area contributed by atoms with Gasteiger partial charge in [0.1, 0.15) is 0 Å². The van der Waals surface area contributed by atoms with Crippen LogP contribution in [-0.4, -0.2) is 56.5 Å². The lowest BCUT2D eigenvalue weighted by Gasteiger charge is -2.36. The number of hydrogen-bond donors (Lipinski definition) is 1. The Morgan fingerprint density at radius 3 is 2.50 bits per heavy atom. The zero-order valence-electron chi connectivity index (χ0n) is 9.40. The molecular weight excluding hydrogens is 180 g/mol. The van der Waals surface area contributed by atoms with Crippen molar-refractivity contribution in [2.75, 3.05) is 33.4 Å². The predicted octanol–water partition coefficient (Wildman–Crippen LogP) is 0.0693. The Morgan fingerprint density at radius 1 is 1.43 bits per heavy atom. The molecule has 4 nitrogen and oxygen atoms in total. The van der Waals surface area contributed by atoms with Crippen LogP contribution in [0.2, 0.25) is 0 Å². The Kier molecular flexibility index (Phi) is 4.81. The van der Waals surface area contributed by atoms with E-state index in [-0.39, 0.29) is 6.04 Å². The third kappa shape index (κ3) is 3.92. The minimum Gasteiger partial charge on any atom is -0.383 e. The largest absolute Gasteiger partial charge is 0.383 e. The maximum absolute atomic E-state index is 5.90. The summed E-state index contributed by atoms with van der Waals surface area (Å²) in [5.74, 6) is 0. The quantitative estimate of drug-likeness (QED) is 0.701. The van der Waals surface area contributed by atoms with Crippen LogP contribution in [-0.2, 0) is 9.47 Å². The van der Waals surface area contributed by atoms with E-state index in [4.69, 9.17) is 15.2 Å². The lowest BCUT2D eigenvalue weighted by Crippen LogP contribution is -2.50. The van der Waals surface area contributed by atoms with E-state index >= 15 is 0 Å². The van der Waals surface area contributed by atoms with Gasteiger partial charge in [-0.2, -0.15) is 0 Å². The molecule has 3 atom stereocenters. The monoisotopic (exact) mass is 202 g/mol. The highest BCUT2D eigenvalue weighted by atomic mass is 16.5. The van der Waals surface area contributed by atoms with E-state index in [0.29, 0.717) is 18.8 Å². The van der Waals surface area contributed by atoms with Crippen LogP contribution in [0.4, 0.5) is 0 Å². The van der Waals surface area contributed by atoms with Gasteiger partial charge in [-0.25, -0.2) is 0 Å². The van der Waals surface area contributed by atoms with E-state index in [1.807, 2.05) is 0 Å². The van der Waals surface area contributed by atoms with Crippen LogP contribution >= 0.6 is 0 Å². The van der Waals surface area contributed by atoms with Gasteiger partial charge in [0.15, 0.2) is 0 Å². The van der Waals surface area contributed by atoms with Crippen molar-refractivity contribution in [1.29, 1.82) is 0 Å². The number of hydrogen-bond acceptors (Lipinski definition) is 4. The average Bonchev–Trinajstić information content (AvgIpc) is 2.01. The van der Waals surface area contributed by atoms with Crippen molar-refractivity contribution in [2.24, 2.45) is 5.73 Å². The maximum atomic E-state index is 5.90. The fourth-order valence-electron chi connectivity index (χ4n) is 2.03. The summed E-state index contributed by atoms with van der Waals surface area (Å²) in [6, 6.07) is 0.109. The second kappa shape index (κ2) is 5.66. The Labute approximate surface area is 86.3 Å². The molecule has 0 saturated carbocycles. The van der Waals surface area contributed by atoms with Gasteiger partial charge in [-0.15, -0.1) is 0 Å². The SMILES string of the molecule is COCC(N)CN1C[C@@H](C)O[C@@H](C)C1. The van der Waals surface area contributed by atoms with Crippen molar-refractivity contribution in [3.8, 4) is 0 Å². The lowest BCUT2D eigenvalue weighted by molar-refractivity contribution is -0.0703. The number of ether oxygens (including phenoxy) is 2. The van der Waals surface area contributed by atoms with Gasteiger partial charge in [-0.1, -0.05) is 0 Å². The summed E-state index contributed by atoms with van der Waals surface area (Å²) < 4.78 is 10.7. The number of rotatable bonds is 4. The normalized spacial score (nSPS) is 31.7. The zero-order chi connectivity index (χ0) is 10.6. The van der Waals surface area contributed by atoms with Crippen LogP contribution < -0.4 is 5.73 Å². The second-order valence-corrected chi connectivity index (χ2v) is 4.19. The second-order valence-electron chi connectivity index (χ2n) is 4.19. The Morgan fingerprint density at radius 2 is 2.00 bits per heavy atom. The smallest absolute Gasteiger partial charge is 0.0678 e. The molecule has 4 heteroatoms. The molecule has 14 heavy (non-hydrogen) atoms. The number of nitrogens with zero attached hydrogens (tertiary/aromatic N) is 1. The molecule has 0 amide bonds. The molecule has 1 aliphatic heterocycles. The molecule has 1 aliphatic rings. The van der Waals surface area contributed by atoms with Crippen LogP contribution in [0.5, 0.6) is 0 Å². The molecule has 1 saturated heterocycles. The van der Waals surface area contributed by atoms with E-state index in [1.165, 1.54) is 0 Å². The molecule has 0 aromatic carbocycles. The molecule has 0 aromatic heterocycles. The molecule has 0 bridgehead atoms. The van der Waals surface area contributed by atoms with Crippen LogP contribution in [0, 0.1) is 0 Å². The van der Waals surface area contributed by atoms with E-state index < -0.39 is 0 Å². The van der Waals surface area contributed by atoms with Gasteiger partial charge >= 0.3 is 0 Å². The van der Waals surface area contributed by atoms with E-state index in [2.05, 4.69) is 18.7 Å². The van der Waals surface area contributed by atoms with Crippen LogP contribution in [0.3, 0.4) is 0 Å². The van der Waals surface area contributed by atoms with Crippen molar-refractivity contribution in [3.05, 3.63) is 0 Å². The van der Waals surface area contributed by atoms with Crippen LogP contribution in [0.15, 0.2) is 0 Å². The molecule has 1 fully saturated rings. The first-order valence-corrected chi connectivity index (χ1v) is 5.24. The Hall–Kier alpha value is -0.160. The number of nitrogens with two attached hydrogens (primary N) is 1. The Bertz CT molecular complexity index is 156. The third-order valence-corrected chi connectivity index (χ3v) is 2.37.